The fourth-order valence-electron chi connectivity index (χ4n) is 1.40. The third-order valence-electron chi connectivity index (χ3n) is 2.30. The van der Waals surface area contributed by atoms with E-state index in [1.54, 1.807) is 24.3 Å². The van der Waals surface area contributed by atoms with Crippen LogP contribution in [0.1, 0.15) is 18.4 Å². The van der Waals surface area contributed by atoms with Gasteiger partial charge in [0.15, 0.2) is 0 Å². The maximum Gasteiger partial charge on any atom is 0.389 e. The molecule has 0 heterocycles. The summed E-state index contributed by atoms with van der Waals surface area (Å²) in [5.74, 6) is -0.290. The Labute approximate surface area is 103 Å². The van der Waals surface area contributed by atoms with E-state index in [4.69, 9.17) is 5.73 Å². The number of halogens is 3. The topological polar surface area (TPSA) is 55.1 Å². The molecule has 1 rings (SSSR count). The van der Waals surface area contributed by atoms with Gasteiger partial charge < -0.3 is 11.1 Å². The van der Waals surface area contributed by atoms with Crippen LogP contribution >= 0.6 is 0 Å². The summed E-state index contributed by atoms with van der Waals surface area (Å²) in [4.78, 5) is 11.4. The number of benzene rings is 1. The van der Waals surface area contributed by atoms with E-state index in [9.17, 15) is 18.0 Å². The molecule has 0 fully saturated rings. The molecule has 0 bridgehead atoms. The Morgan fingerprint density at radius 3 is 2.39 bits per heavy atom. The molecule has 1 aromatic rings. The lowest BCUT2D eigenvalue weighted by Crippen LogP contribution is -2.27. The highest BCUT2D eigenvalue weighted by molar-refractivity contribution is 5.78. The minimum Gasteiger partial charge on any atom is -0.399 e. The average molecular weight is 260 g/mol. The SMILES string of the molecule is Nc1ccc(CC(=O)NCCCC(F)(F)F)cc1. The molecule has 6 heteroatoms. The van der Waals surface area contributed by atoms with Crippen molar-refractivity contribution in [3.05, 3.63) is 29.8 Å². The molecule has 0 atom stereocenters. The fraction of sp³-hybridized carbons (Fsp3) is 0.417. The van der Waals surface area contributed by atoms with Crippen molar-refractivity contribution in [1.29, 1.82) is 0 Å². The van der Waals surface area contributed by atoms with Crippen LogP contribution in [0.5, 0.6) is 0 Å². The summed E-state index contributed by atoms with van der Waals surface area (Å²) in [6.45, 7) is 0.0350. The van der Waals surface area contributed by atoms with Crippen molar-refractivity contribution in [3.8, 4) is 0 Å². The smallest absolute Gasteiger partial charge is 0.389 e. The van der Waals surface area contributed by atoms with Gasteiger partial charge in [0.05, 0.1) is 6.42 Å². The highest BCUT2D eigenvalue weighted by Gasteiger charge is 2.25. The molecule has 0 radical (unpaired) electrons. The van der Waals surface area contributed by atoms with Gasteiger partial charge in [0.1, 0.15) is 0 Å². The number of nitrogens with two attached hydrogens (primary N) is 1. The monoisotopic (exact) mass is 260 g/mol. The lowest BCUT2D eigenvalue weighted by Gasteiger charge is -2.07. The van der Waals surface area contributed by atoms with Gasteiger partial charge in [-0.05, 0) is 24.1 Å². The van der Waals surface area contributed by atoms with Gasteiger partial charge in [-0.3, -0.25) is 4.79 Å². The van der Waals surface area contributed by atoms with Gasteiger partial charge in [-0.15, -0.1) is 0 Å². The predicted octanol–water partition coefficient (Wildman–Crippen LogP) is 2.27. The van der Waals surface area contributed by atoms with Crippen LogP contribution in [-0.4, -0.2) is 18.6 Å². The van der Waals surface area contributed by atoms with Crippen molar-refractivity contribution in [2.45, 2.75) is 25.4 Å². The number of amides is 1. The summed E-state index contributed by atoms with van der Waals surface area (Å²) >= 11 is 0. The molecule has 0 saturated carbocycles. The number of hydrogen-bond donors (Lipinski definition) is 2. The van der Waals surface area contributed by atoms with E-state index in [1.807, 2.05) is 0 Å². The molecule has 1 aromatic carbocycles. The first-order chi connectivity index (χ1) is 8.37. The molecule has 1 amide bonds. The lowest BCUT2D eigenvalue weighted by atomic mass is 10.1. The molecule has 0 unspecified atom stereocenters. The van der Waals surface area contributed by atoms with Crippen LogP contribution in [0.25, 0.3) is 0 Å². The number of anilines is 1. The zero-order valence-electron chi connectivity index (χ0n) is 9.76. The van der Waals surface area contributed by atoms with E-state index in [-0.39, 0.29) is 25.3 Å². The highest BCUT2D eigenvalue weighted by atomic mass is 19.4. The van der Waals surface area contributed by atoms with Crippen LogP contribution in [0.3, 0.4) is 0 Å². The molecule has 0 spiro atoms. The van der Waals surface area contributed by atoms with E-state index in [1.165, 1.54) is 0 Å². The average Bonchev–Trinajstić information content (AvgIpc) is 2.26. The van der Waals surface area contributed by atoms with E-state index >= 15 is 0 Å². The highest BCUT2D eigenvalue weighted by Crippen LogP contribution is 2.20. The summed E-state index contributed by atoms with van der Waals surface area (Å²) in [5, 5.41) is 2.45. The van der Waals surface area contributed by atoms with Crippen molar-refractivity contribution < 1.29 is 18.0 Å². The molecule has 0 aliphatic heterocycles. The molecule has 0 saturated heterocycles. The Balaban J connectivity index is 2.24. The molecular weight excluding hydrogens is 245 g/mol. The van der Waals surface area contributed by atoms with Gasteiger partial charge in [-0.1, -0.05) is 12.1 Å². The third kappa shape index (κ3) is 6.12. The lowest BCUT2D eigenvalue weighted by molar-refractivity contribution is -0.136. The second-order valence-electron chi connectivity index (χ2n) is 3.99. The van der Waals surface area contributed by atoms with E-state index in [0.29, 0.717) is 5.69 Å². The Kier molecular flexibility index (Phi) is 5.00. The van der Waals surface area contributed by atoms with Crippen LogP contribution in [0, 0.1) is 0 Å². The van der Waals surface area contributed by atoms with Gasteiger partial charge in [-0.2, -0.15) is 13.2 Å². The first-order valence-corrected chi connectivity index (χ1v) is 5.55. The Morgan fingerprint density at radius 2 is 1.83 bits per heavy atom. The fourth-order valence-corrected chi connectivity index (χ4v) is 1.40. The predicted molar refractivity (Wildman–Crippen MR) is 62.9 cm³/mol. The first-order valence-electron chi connectivity index (χ1n) is 5.55. The number of carbonyl (C=O) groups is 1. The molecule has 0 aromatic heterocycles. The van der Waals surface area contributed by atoms with E-state index in [2.05, 4.69) is 5.32 Å². The molecule has 0 aliphatic carbocycles. The molecular formula is C12H15F3N2O. The van der Waals surface area contributed by atoms with E-state index < -0.39 is 12.6 Å². The van der Waals surface area contributed by atoms with Gasteiger partial charge in [0.25, 0.3) is 0 Å². The summed E-state index contributed by atoms with van der Waals surface area (Å²) in [6.07, 6.45) is -5.00. The number of carbonyl (C=O) groups excluding carboxylic acids is 1. The Bertz CT molecular complexity index is 387. The number of nitrogens with one attached hydrogen (secondary N) is 1. The second kappa shape index (κ2) is 6.28. The number of hydrogen-bond acceptors (Lipinski definition) is 2. The van der Waals surface area contributed by atoms with Crippen molar-refractivity contribution in [2.24, 2.45) is 0 Å². The van der Waals surface area contributed by atoms with Crippen LogP contribution in [0.2, 0.25) is 0 Å². The molecule has 3 N–H and O–H groups in total. The molecule has 18 heavy (non-hydrogen) atoms. The molecule has 3 nitrogen and oxygen atoms in total. The van der Waals surface area contributed by atoms with Crippen molar-refractivity contribution in [2.75, 3.05) is 12.3 Å². The normalized spacial score (nSPS) is 11.3. The van der Waals surface area contributed by atoms with Crippen molar-refractivity contribution in [1.82, 2.24) is 5.32 Å². The summed E-state index contributed by atoms with van der Waals surface area (Å²) in [7, 11) is 0. The first kappa shape index (κ1) is 14.3. The van der Waals surface area contributed by atoms with Gasteiger partial charge in [0, 0.05) is 18.7 Å². The largest absolute Gasteiger partial charge is 0.399 e. The van der Waals surface area contributed by atoms with Crippen LogP contribution < -0.4 is 11.1 Å². The maximum absolute atomic E-state index is 11.8. The number of rotatable bonds is 5. The van der Waals surface area contributed by atoms with Gasteiger partial charge in [0.2, 0.25) is 5.91 Å². The van der Waals surface area contributed by atoms with Gasteiger partial charge in [-0.25, -0.2) is 0 Å². The molecule has 100 valence electrons. The standard InChI is InChI=1S/C12H15F3N2O/c13-12(14,15)6-1-7-17-11(18)8-9-2-4-10(16)5-3-9/h2-5H,1,6-8,16H2,(H,17,18). The zero-order valence-corrected chi connectivity index (χ0v) is 9.76. The van der Waals surface area contributed by atoms with E-state index in [0.717, 1.165) is 5.56 Å². The van der Waals surface area contributed by atoms with Gasteiger partial charge >= 0.3 is 6.18 Å². The van der Waals surface area contributed by atoms with Crippen LogP contribution in [0.4, 0.5) is 18.9 Å². The summed E-state index contributed by atoms with van der Waals surface area (Å²) in [5.41, 5.74) is 6.87. The number of nitrogen functional groups attached to an aromatic ring is 1. The number of alkyl halides is 3. The van der Waals surface area contributed by atoms with Crippen molar-refractivity contribution >= 4 is 11.6 Å². The maximum atomic E-state index is 11.8. The molecule has 0 aliphatic rings. The Morgan fingerprint density at radius 1 is 1.22 bits per heavy atom. The second-order valence-corrected chi connectivity index (χ2v) is 3.99. The zero-order chi connectivity index (χ0) is 13.6. The van der Waals surface area contributed by atoms with Crippen LogP contribution in [-0.2, 0) is 11.2 Å². The van der Waals surface area contributed by atoms with Crippen molar-refractivity contribution in [3.63, 3.8) is 0 Å². The summed E-state index contributed by atoms with van der Waals surface area (Å²) < 4.78 is 35.5. The quantitative estimate of drug-likeness (QED) is 0.630. The van der Waals surface area contributed by atoms with Crippen LogP contribution in [0.15, 0.2) is 24.3 Å². The Hall–Kier alpha value is -1.72. The summed E-state index contributed by atoms with van der Waals surface area (Å²) in [6, 6.07) is 6.77. The minimum atomic E-state index is -4.16. The third-order valence-corrected chi connectivity index (χ3v) is 2.30. The minimum absolute atomic E-state index is 0.0350.